The second-order valence-corrected chi connectivity index (χ2v) is 6.10. The van der Waals surface area contributed by atoms with E-state index in [-0.39, 0.29) is 13.2 Å². The molecule has 3 rings (SSSR count). The zero-order valence-corrected chi connectivity index (χ0v) is 14.6. The first-order valence-corrected chi connectivity index (χ1v) is 8.65. The maximum atomic E-state index is 11.1. The van der Waals surface area contributed by atoms with Crippen molar-refractivity contribution in [2.45, 2.75) is 5.60 Å². The molecule has 0 bridgehead atoms. The fraction of sp³-hybridized carbons (Fsp3) is 0.333. The van der Waals surface area contributed by atoms with Crippen molar-refractivity contribution in [3.05, 3.63) is 59.7 Å². The molecule has 0 aromatic heterocycles. The van der Waals surface area contributed by atoms with Gasteiger partial charge < -0.3 is 24.6 Å². The molecule has 26 heavy (non-hydrogen) atoms. The minimum Gasteiger partial charge on any atom is -0.491 e. The van der Waals surface area contributed by atoms with Crippen molar-refractivity contribution >= 4 is 5.69 Å². The average Bonchev–Trinajstić information content (AvgIpc) is 2.73. The quantitative estimate of drug-likeness (QED) is 0.775. The summed E-state index contributed by atoms with van der Waals surface area (Å²) in [5, 5.41) is 19.9. The van der Waals surface area contributed by atoms with Crippen LogP contribution in [0.3, 0.4) is 0 Å². The summed E-state index contributed by atoms with van der Waals surface area (Å²) >= 11 is 0. The highest BCUT2D eigenvalue weighted by atomic mass is 16.5. The zero-order chi connectivity index (χ0) is 18.4. The molecule has 1 atom stereocenters. The number of nitrogens with zero attached hydrogens (tertiary/aromatic N) is 1. The Morgan fingerprint density at radius 1 is 1.04 bits per heavy atom. The highest BCUT2D eigenvalue weighted by Crippen LogP contribution is 2.31. The van der Waals surface area contributed by atoms with Gasteiger partial charge in [-0.25, -0.2) is 0 Å². The van der Waals surface area contributed by atoms with Crippen molar-refractivity contribution < 1.29 is 19.7 Å². The lowest BCUT2D eigenvalue weighted by molar-refractivity contribution is 0.122. The van der Waals surface area contributed by atoms with Crippen molar-refractivity contribution in [3.63, 3.8) is 0 Å². The van der Waals surface area contributed by atoms with Gasteiger partial charge in [0.15, 0.2) is 5.60 Å². The second-order valence-electron chi connectivity index (χ2n) is 6.10. The number of rotatable bonds is 6. The minimum absolute atomic E-state index is 0.0501. The molecule has 1 heterocycles. The lowest BCUT2D eigenvalue weighted by Gasteiger charge is -2.30. The predicted molar refractivity (Wildman–Crippen MR) is 100 cm³/mol. The Bertz CT molecular complexity index is 745. The number of aliphatic hydroxyl groups is 2. The average molecular weight is 353 g/mol. The van der Waals surface area contributed by atoms with E-state index in [9.17, 15) is 5.11 Å². The van der Waals surface area contributed by atoms with Crippen LogP contribution in [-0.4, -0.2) is 49.7 Å². The van der Waals surface area contributed by atoms with E-state index in [1.165, 1.54) is 0 Å². The summed E-state index contributed by atoms with van der Waals surface area (Å²) in [6.07, 6.45) is 5.68. The maximum absolute atomic E-state index is 11.1. The summed E-state index contributed by atoms with van der Waals surface area (Å²) in [6, 6.07) is 14.6. The molecule has 2 aromatic rings. The number of terminal acetylenes is 1. The Balaban J connectivity index is 1.81. The van der Waals surface area contributed by atoms with Crippen LogP contribution >= 0.6 is 0 Å². The fourth-order valence-corrected chi connectivity index (χ4v) is 3.02. The molecule has 1 saturated heterocycles. The van der Waals surface area contributed by atoms with Crippen LogP contribution in [0.15, 0.2) is 48.5 Å². The van der Waals surface area contributed by atoms with Crippen molar-refractivity contribution in [1.82, 2.24) is 0 Å². The van der Waals surface area contributed by atoms with Crippen LogP contribution in [0.1, 0.15) is 11.1 Å². The smallest absolute Gasteiger partial charge is 0.176 e. The van der Waals surface area contributed by atoms with E-state index in [4.69, 9.17) is 21.0 Å². The SMILES string of the molecule is C#CC(O)(c1ccc(OCCO)cc1)c1ccc(N2CCOCC2)cc1. The van der Waals surface area contributed by atoms with Crippen LogP contribution in [0, 0.1) is 12.3 Å². The highest BCUT2D eigenvalue weighted by molar-refractivity contribution is 5.52. The number of morpholine rings is 1. The van der Waals surface area contributed by atoms with Gasteiger partial charge in [-0.15, -0.1) is 6.42 Å². The van der Waals surface area contributed by atoms with Crippen LogP contribution in [0.5, 0.6) is 5.75 Å². The summed E-state index contributed by atoms with van der Waals surface area (Å²) in [5.41, 5.74) is 0.805. The number of benzene rings is 2. The predicted octanol–water partition coefficient (Wildman–Crippen LogP) is 1.76. The molecule has 5 heteroatoms. The van der Waals surface area contributed by atoms with Gasteiger partial charge in [0.25, 0.3) is 0 Å². The van der Waals surface area contributed by atoms with Crippen LogP contribution in [0.25, 0.3) is 0 Å². The number of anilines is 1. The van der Waals surface area contributed by atoms with Crippen molar-refractivity contribution in [2.75, 3.05) is 44.4 Å². The van der Waals surface area contributed by atoms with Gasteiger partial charge in [-0.1, -0.05) is 30.2 Å². The van der Waals surface area contributed by atoms with E-state index >= 15 is 0 Å². The normalized spacial score (nSPS) is 16.6. The molecule has 1 aliphatic rings. The number of ether oxygens (including phenoxy) is 2. The molecular formula is C21H23NO4. The minimum atomic E-state index is -1.51. The summed E-state index contributed by atoms with van der Waals surface area (Å²) < 4.78 is 10.7. The van der Waals surface area contributed by atoms with Crippen molar-refractivity contribution in [1.29, 1.82) is 0 Å². The van der Waals surface area contributed by atoms with Crippen molar-refractivity contribution in [2.24, 2.45) is 0 Å². The molecule has 0 amide bonds. The largest absolute Gasteiger partial charge is 0.491 e. The molecule has 1 fully saturated rings. The molecule has 1 aliphatic heterocycles. The summed E-state index contributed by atoms with van der Waals surface area (Å²) in [5.74, 6) is 3.13. The fourth-order valence-electron chi connectivity index (χ4n) is 3.02. The van der Waals surface area contributed by atoms with Gasteiger partial charge >= 0.3 is 0 Å². The summed E-state index contributed by atoms with van der Waals surface area (Å²) in [6.45, 7) is 3.33. The van der Waals surface area contributed by atoms with Crippen LogP contribution in [0.4, 0.5) is 5.69 Å². The number of hydrogen-bond donors (Lipinski definition) is 2. The second kappa shape index (κ2) is 8.24. The van der Waals surface area contributed by atoms with Gasteiger partial charge in [-0.05, 0) is 24.3 Å². The molecule has 0 aliphatic carbocycles. The summed E-state index contributed by atoms with van der Waals surface area (Å²) in [4.78, 5) is 2.25. The third kappa shape index (κ3) is 3.83. The lowest BCUT2D eigenvalue weighted by Crippen LogP contribution is -2.36. The molecule has 2 N–H and O–H groups in total. The van der Waals surface area contributed by atoms with Crippen molar-refractivity contribution in [3.8, 4) is 18.1 Å². The Morgan fingerprint density at radius 3 is 2.15 bits per heavy atom. The monoisotopic (exact) mass is 353 g/mol. The Kier molecular flexibility index (Phi) is 5.79. The first kappa shape index (κ1) is 18.3. The Hall–Kier alpha value is -2.52. The topological polar surface area (TPSA) is 62.2 Å². The van der Waals surface area contributed by atoms with Gasteiger partial charge in [0, 0.05) is 29.9 Å². The summed E-state index contributed by atoms with van der Waals surface area (Å²) in [7, 11) is 0. The molecule has 5 nitrogen and oxygen atoms in total. The van der Waals surface area contributed by atoms with Gasteiger partial charge in [0.1, 0.15) is 12.4 Å². The van der Waals surface area contributed by atoms with E-state index in [0.717, 1.165) is 32.0 Å². The lowest BCUT2D eigenvalue weighted by atomic mass is 9.87. The van der Waals surface area contributed by atoms with Gasteiger partial charge in [0.2, 0.25) is 0 Å². The van der Waals surface area contributed by atoms with Crippen LogP contribution in [-0.2, 0) is 10.3 Å². The van der Waals surface area contributed by atoms with E-state index in [1.807, 2.05) is 24.3 Å². The van der Waals surface area contributed by atoms with Gasteiger partial charge in [-0.3, -0.25) is 0 Å². The highest BCUT2D eigenvalue weighted by Gasteiger charge is 2.29. The molecule has 0 radical (unpaired) electrons. The third-order valence-electron chi connectivity index (χ3n) is 4.50. The molecule has 136 valence electrons. The molecule has 2 aromatic carbocycles. The Labute approximate surface area is 153 Å². The first-order valence-electron chi connectivity index (χ1n) is 8.65. The van der Waals surface area contributed by atoms with Crippen LogP contribution < -0.4 is 9.64 Å². The zero-order valence-electron chi connectivity index (χ0n) is 14.6. The number of hydrogen-bond acceptors (Lipinski definition) is 5. The van der Waals surface area contributed by atoms with E-state index in [0.29, 0.717) is 16.9 Å². The van der Waals surface area contributed by atoms with Gasteiger partial charge in [-0.2, -0.15) is 0 Å². The standard InChI is InChI=1S/C21H23NO4/c1-2-21(24,18-5-9-20(10-6-18)26-16-13-23)17-3-7-19(8-4-17)22-11-14-25-15-12-22/h1,3-10,23-24H,11-16H2. The van der Waals surface area contributed by atoms with E-state index in [1.54, 1.807) is 24.3 Å². The molecular weight excluding hydrogens is 330 g/mol. The molecule has 0 saturated carbocycles. The number of aliphatic hydroxyl groups excluding tert-OH is 1. The Morgan fingerprint density at radius 2 is 1.62 bits per heavy atom. The van der Waals surface area contributed by atoms with Crippen LogP contribution in [0.2, 0.25) is 0 Å². The van der Waals surface area contributed by atoms with E-state index < -0.39 is 5.60 Å². The molecule has 0 spiro atoms. The third-order valence-corrected chi connectivity index (χ3v) is 4.50. The van der Waals surface area contributed by atoms with Gasteiger partial charge in [0.05, 0.1) is 19.8 Å². The first-order chi connectivity index (χ1) is 12.7. The van der Waals surface area contributed by atoms with E-state index in [2.05, 4.69) is 10.8 Å². The molecule has 1 unspecified atom stereocenters. The maximum Gasteiger partial charge on any atom is 0.176 e.